The average Bonchev–Trinajstić information content (AvgIpc) is 2.78. The first-order valence-corrected chi connectivity index (χ1v) is 7.03. The second kappa shape index (κ2) is 4.32. The molecule has 1 aliphatic heterocycles. The van der Waals surface area contributed by atoms with E-state index in [1.165, 1.54) is 11.3 Å². The molecule has 2 heterocycles. The molecule has 1 aromatic heterocycles. The number of aromatic nitrogens is 1. The van der Waals surface area contributed by atoms with E-state index >= 15 is 0 Å². The topological polar surface area (TPSA) is 31.4 Å². The number of thiazole rings is 1. The lowest BCUT2D eigenvalue weighted by molar-refractivity contribution is 0.00578. The standard InChI is InChI=1S/C13H22BNO2S/c1-8(2)10-11(18-9(3)15-10)14-16-12(4,5)13(6,7)17-14/h8H,1-7H3/i3D3. The van der Waals surface area contributed by atoms with Gasteiger partial charge in [0.05, 0.1) is 26.7 Å². The lowest BCUT2D eigenvalue weighted by Crippen LogP contribution is -2.41. The number of aryl methyl sites for hydroxylation is 1. The van der Waals surface area contributed by atoms with Crippen LogP contribution < -0.4 is 4.78 Å². The van der Waals surface area contributed by atoms with E-state index < -0.39 is 25.2 Å². The monoisotopic (exact) mass is 270 g/mol. The maximum absolute atomic E-state index is 7.55. The van der Waals surface area contributed by atoms with Gasteiger partial charge >= 0.3 is 7.12 Å². The zero-order chi connectivity index (χ0) is 16.2. The maximum Gasteiger partial charge on any atom is 0.507 e. The molecule has 1 fully saturated rings. The second-order valence-corrected chi connectivity index (χ2v) is 7.04. The minimum atomic E-state index is -2.20. The fraction of sp³-hybridized carbons (Fsp3) is 0.769. The van der Waals surface area contributed by atoms with Gasteiger partial charge in [-0.3, -0.25) is 0 Å². The zero-order valence-corrected chi connectivity index (χ0v) is 12.6. The van der Waals surface area contributed by atoms with Crippen LogP contribution in [0.1, 0.15) is 62.3 Å². The van der Waals surface area contributed by atoms with Crippen LogP contribution in [0, 0.1) is 6.85 Å². The van der Waals surface area contributed by atoms with Crippen LogP contribution in [-0.4, -0.2) is 23.3 Å². The summed E-state index contributed by atoms with van der Waals surface area (Å²) in [5.74, 6) is 0.117. The number of rotatable bonds is 2. The molecule has 0 saturated carbocycles. The number of hydrogen-bond donors (Lipinski definition) is 0. The van der Waals surface area contributed by atoms with Crippen LogP contribution in [0.4, 0.5) is 0 Å². The molecule has 0 bridgehead atoms. The Balaban J connectivity index is 2.43. The van der Waals surface area contributed by atoms with Crippen molar-refractivity contribution >= 4 is 23.2 Å². The molecular formula is C13H22BNO2S. The molecule has 3 nitrogen and oxygen atoms in total. The van der Waals surface area contributed by atoms with E-state index in [-0.39, 0.29) is 10.9 Å². The summed E-state index contributed by atoms with van der Waals surface area (Å²) in [6.07, 6.45) is 0. The van der Waals surface area contributed by atoms with Gasteiger partial charge in [-0.05, 0) is 40.5 Å². The van der Waals surface area contributed by atoms with Gasteiger partial charge in [-0.1, -0.05) is 13.8 Å². The van der Waals surface area contributed by atoms with Crippen molar-refractivity contribution in [1.29, 1.82) is 0 Å². The summed E-state index contributed by atoms with van der Waals surface area (Å²) >= 11 is 1.17. The summed E-state index contributed by atoms with van der Waals surface area (Å²) < 4.78 is 35.5. The normalized spacial score (nSPS) is 25.1. The predicted octanol–water partition coefficient (Wildman–Crippen LogP) is 2.87. The molecule has 100 valence electrons. The Morgan fingerprint density at radius 1 is 1.22 bits per heavy atom. The third kappa shape index (κ3) is 2.24. The molecule has 0 aromatic carbocycles. The van der Waals surface area contributed by atoms with Gasteiger partial charge in [0.25, 0.3) is 0 Å². The minimum absolute atomic E-state index is 0.117. The first kappa shape index (κ1) is 10.4. The van der Waals surface area contributed by atoms with Crippen LogP contribution in [0.15, 0.2) is 0 Å². The molecule has 2 rings (SSSR count). The molecule has 0 radical (unpaired) electrons. The van der Waals surface area contributed by atoms with Gasteiger partial charge < -0.3 is 9.31 Å². The van der Waals surface area contributed by atoms with Crippen LogP contribution in [0.2, 0.25) is 0 Å². The lowest BCUT2D eigenvalue weighted by atomic mass is 9.84. The van der Waals surface area contributed by atoms with Gasteiger partial charge in [0.2, 0.25) is 0 Å². The SMILES string of the molecule is [2H]C([2H])([2H])c1nc(C(C)C)c(B2OC(C)(C)C(C)(C)O2)s1. The summed E-state index contributed by atoms with van der Waals surface area (Å²) in [4.78, 5) is 4.32. The van der Waals surface area contributed by atoms with Gasteiger partial charge in [0.1, 0.15) is 0 Å². The molecule has 1 aromatic rings. The number of hydrogen-bond acceptors (Lipinski definition) is 4. The van der Waals surface area contributed by atoms with Crippen molar-refractivity contribution in [2.24, 2.45) is 0 Å². The van der Waals surface area contributed by atoms with Gasteiger partial charge in [0.15, 0.2) is 0 Å². The van der Waals surface area contributed by atoms with E-state index in [1.807, 2.05) is 41.5 Å². The Labute approximate surface area is 118 Å². The highest BCUT2D eigenvalue weighted by atomic mass is 32.1. The lowest BCUT2D eigenvalue weighted by Gasteiger charge is -2.32. The van der Waals surface area contributed by atoms with E-state index in [0.717, 1.165) is 10.5 Å². The minimum Gasteiger partial charge on any atom is -0.399 e. The quantitative estimate of drug-likeness (QED) is 0.774. The van der Waals surface area contributed by atoms with E-state index in [4.69, 9.17) is 13.4 Å². The largest absolute Gasteiger partial charge is 0.507 e. The van der Waals surface area contributed by atoms with Crippen molar-refractivity contribution in [3.05, 3.63) is 10.7 Å². The summed E-state index contributed by atoms with van der Waals surface area (Å²) in [5, 5.41) is 0.149. The molecule has 0 unspecified atom stereocenters. The molecule has 0 spiro atoms. The van der Waals surface area contributed by atoms with Crippen molar-refractivity contribution in [2.75, 3.05) is 0 Å². The van der Waals surface area contributed by atoms with Crippen LogP contribution in [0.3, 0.4) is 0 Å². The van der Waals surface area contributed by atoms with Gasteiger partial charge in [0, 0.05) is 4.11 Å². The molecule has 0 atom stereocenters. The van der Waals surface area contributed by atoms with Crippen LogP contribution in [0.25, 0.3) is 0 Å². The average molecular weight is 270 g/mol. The van der Waals surface area contributed by atoms with Crippen LogP contribution >= 0.6 is 11.3 Å². The highest BCUT2D eigenvalue weighted by molar-refractivity contribution is 7.22. The van der Waals surface area contributed by atoms with Crippen molar-refractivity contribution in [1.82, 2.24) is 4.98 Å². The molecule has 0 aliphatic carbocycles. The van der Waals surface area contributed by atoms with Gasteiger partial charge in [-0.2, -0.15) is 0 Å². The van der Waals surface area contributed by atoms with Crippen LogP contribution in [-0.2, 0) is 9.31 Å². The highest BCUT2D eigenvalue weighted by Crippen LogP contribution is 2.37. The number of nitrogens with zero attached hydrogens (tertiary/aromatic N) is 1. The Morgan fingerprint density at radius 3 is 2.22 bits per heavy atom. The van der Waals surface area contributed by atoms with Crippen LogP contribution in [0.5, 0.6) is 0 Å². The van der Waals surface area contributed by atoms with Gasteiger partial charge in [-0.15, -0.1) is 11.3 Å². The third-order valence-electron chi connectivity index (χ3n) is 3.70. The molecule has 0 N–H and O–H groups in total. The fourth-order valence-electron chi connectivity index (χ4n) is 1.88. The predicted molar refractivity (Wildman–Crippen MR) is 76.7 cm³/mol. The Kier molecular flexibility index (Phi) is 2.50. The molecular weight excluding hydrogens is 245 g/mol. The molecule has 5 heteroatoms. The Morgan fingerprint density at radius 2 is 1.78 bits per heavy atom. The van der Waals surface area contributed by atoms with E-state index in [9.17, 15) is 0 Å². The maximum atomic E-state index is 7.55. The van der Waals surface area contributed by atoms with E-state index in [1.54, 1.807) is 0 Å². The summed E-state index contributed by atoms with van der Waals surface area (Å²) in [6, 6.07) is 0. The fourth-order valence-corrected chi connectivity index (χ4v) is 2.81. The summed E-state index contributed by atoms with van der Waals surface area (Å²) in [5.41, 5.74) is -0.142. The van der Waals surface area contributed by atoms with Gasteiger partial charge in [-0.25, -0.2) is 4.98 Å². The first-order valence-electron chi connectivity index (χ1n) is 7.72. The Bertz CT molecular complexity index is 524. The first-order chi connectivity index (χ1) is 9.35. The van der Waals surface area contributed by atoms with E-state index in [2.05, 4.69) is 4.98 Å². The van der Waals surface area contributed by atoms with Crippen molar-refractivity contribution in [3.63, 3.8) is 0 Å². The summed E-state index contributed by atoms with van der Waals surface area (Å²) in [6.45, 7) is 9.71. The molecule has 1 saturated heterocycles. The van der Waals surface area contributed by atoms with Crippen molar-refractivity contribution in [3.8, 4) is 0 Å². The smallest absolute Gasteiger partial charge is 0.399 e. The van der Waals surface area contributed by atoms with Crippen molar-refractivity contribution < 1.29 is 13.4 Å². The zero-order valence-electron chi connectivity index (χ0n) is 14.8. The van der Waals surface area contributed by atoms with E-state index in [0.29, 0.717) is 0 Å². The van der Waals surface area contributed by atoms with Crippen molar-refractivity contribution in [2.45, 2.75) is 65.5 Å². The molecule has 1 aliphatic rings. The summed E-state index contributed by atoms with van der Waals surface area (Å²) in [7, 11) is -0.555. The second-order valence-electron chi connectivity index (χ2n) is 6.01. The highest BCUT2D eigenvalue weighted by Gasteiger charge is 2.53. The third-order valence-corrected chi connectivity index (χ3v) is 4.60. The Hall–Kier alpha value is -0.385. The molecule has 0 amide bonds. The molecule has 18 heavy (non-hydrogen) atoms.